The molecule has 2 heterocycles. The highest BCUT2D eigenvalue weighted by Crippen LogP contribution is 2.30. The summed E-state index contributed by atoms with van der Waals surface area (Å²) in [7, 11) is -2.38. The summed E-state index contributed by atoms with van der Waals surface area (Å²) in [5, 5.41) is 0. The Hall–Kier alpha value is -0.190. The standard InChI is InChI=1S/C8H10ClNO5S3/c9-17(11,12)7-1-2-8(16-7)18(13,14)10-3-5-15-6-4-10/h1-2H,3-6H2. The topological polar surface area (TPSA) is 80.8 Å². The molecule has 2 rings (SSSR count). The fraction of sp³-hybridized carbons (Fsp3) is 0.500. The van der Waals surface area contributed by atoms with Crippen molar-refractivity contribution in [3.63, 3.8) is 0 Å². The Bertz CT molecular complexity index is 629. The number of hydrogen-bond acceptors (Lipinski definition) is 6. The number of nitrogens with zero attached hydrogens (tertiary/aromatic N) is 1. The lowest BCUT2D eigenvalue weighted by Crippen LogP contribution is -2.40. The molecule has 0 N–H and O–H groups in total. The van der Waals surface area contributed by atoms with E-state index in [-0.39, 0.29) is 21.5 Å². The van der Waals surface area contributed by atoms with Crippen LogP contribution in [-0.4, -0.2) is 47.4 Å². The first-order chi connectivity index (χ1) is 8.32. The number of sulfonamides is 1. The normalized spacial score (nSPS) is 18.9. The van der Waals surface area contributed by atoms with E-state index in [0.717, 1.165) is 0 Å². The Morgan fingerprint density at radius 2 is 1.67 bits per heavy atom. The van der Waals surface area contributed by atoms with Gasteiger partial charge in [-0.15, -0.1) is 11.3 Å². The highest BCUT2D eigenvalue weighted by molar-refractivity contribution is 8.15. The first-order valence-electron chi connectivity index (χ1n) is 4.94. The number of ether oxygens (including phenoxy) is 1. The Balaban J connectivity index is 2.33. The van der Waals surface area contributed by atoms with Crippen LogP contribution < -0.4 is 0 Å². The van der Waals surface area contributed by atoms with Crippen LogP contribution in [0.25, 0.3) is 0 Å². The Morgan fingerprint density at radius 3 is 2.17 bits per heavy atom. The van der Waals surface area contributed by atoms with E-state index in [1.807, 2.05) is 0 Å². The lowest BCUT2D eigenvalue weighted by atomic mass is 10.5. The zero-order chi connectivity index (χ0) is 13.4. The van der Waals surface area contributed by atoms with Crippen LogP contribution in [-0.2, 0) is 23.8 Å². The van der Waals surface area contributed by atoms with E-state index in [9.17, 15) is 16.8 Å². The van der Waals surface area contributed by atoms with Gasteiger partial charge in [0.25, 0.3) is 19.1 Å². The van der Waals surface area contributed by atoms with Gasteiger partial charge >= 0.3 is 0 Å². The zero-order valence-corrected chi connectivity index (χ0v) is 12.3. The second-order valence-electron chi connectivity index (χ2n) is 3.53. The summed E-state index contributed by atoms with van der Waals surface area (Å²) < 4.78 is 52.7. The van der Waals surface area contributed by atoms with E-state index in [4.69, 9.17) is 15.4 Å². The molecule has 0 amide bonds. The summed E-state index contributed by atoms with van der Waals surface area (Å²) in [6.45, 7) is 1.21. The molecule has 0 saturated carbocycles. The van der Waals surface area contributed by atoms with Gasteiger partial charge in [0.15, 0.2) is 0 Å². The molecule has 0 aliphatic carbocycles. The van der Waals surface area contributed by atoms with E-state index in [0.29, 0.717) is 24.6 Å². The van der Waals surface area contributed by atoms with Gasteiger partial charge in [-0.3, -0.25) is 0 Å². The molecule has 0 atom stereocenters. The van der Waals surface area contributed by atoms with Crippen molar-refractivity contribution in [2.45, 2.75) is 8.42 Å². The minimum absolute atomic E-state index is 0.0244. The first-order valence-corrected chi connectivity index (χ1v) is 9.51. The maximum Gasteiger partial charge on any atom is 0.270 e. The van der Waals surface area contributed by atoms with Gasteiger partial charge in [-0.05, 0) is 12.1 Å². The van der Waals surface area contributed by atoms with Crippen LogP contribution in [0.2, 0.25) is 0 Å². The third-order valence-electron chi connectivity index (χ3n) is 2.36. The molecule has 1 aliphatic heterocycles. The smallest absolute Gasteiger partial charge is 0.270 e. The summed E-state index contributed by atoms with van der Waals surface area (Å²) >= 11 is 0.650. The van der Waals surface area contributed by atoms with Gasteiger partial charge in [-0.2, -0.15) is 4.31 Å². The molecule has 10 heteroatoms. The maximum atomic E-state index is 12.2. The number of thiophene rings is 1. The molecule has 0 aromatic carbocycles. The number of rotatable bonds is 3. The lowest BCUT2D eigenvalue weighted by molar-refractivity contribution is 0.0731. The third kappa shape index (κ3) is 2.86. The molecular formula is C8H10ClNO5S3. The minimum atomic E-state index is -3.89. The van der Waals surface area contributed by atoms with Crippen molar-refractivity contribution in [1.82, 2.24) is 4.31 Å². The van der Waals surface area contributed by atoms with Crippen molar-refractivity contribution < 1.29 is 21.6 Å². The summed E-state index contributed by atoms with van der Waals surface area (Å²) in [4.78, 5) is 0. The molecule has 1 saturated heterocycles. The second-order valence-corrected chi connectivity index (χ2v) is 9.57. The number of hydrogen-bond donors (Lipinski definition) is 0. The summed E-state index contributed by atoms with van der Waals surface area (Å²) in [6, 6.07) is 2.45. The molecule has 6 nitrogen and oxygen atoms in total. The van der Waals surface area contributed by atoms with Crippen LogP contribution in [0.1, 0.15) is 0 Å². The molecule has 1 aromatic heterocycles. The summed E-state index contributed by atoms with van der Waals surface area (Å²) in [6.07, 6.45) is 0. The molecule has 1 fully saturated rings. The fourth-order valence-electron chi connectivity index (χ4n) is 1.49. The van der Waals surface area contributed by atoms with Crippen molar-refractivity contribution in [3.8, 4) is 0 Å². The van der Waals surface area contributed by atoms with E-state index in [1.165, 1.54) is 16.4 Å². The highest BCUT2D eigenvalue weighted by atomic mass is 35.7. The van der Waals surface area contributed by atoms with Crippen LogP contribution in [0.4, 0.5) is 0 Å². The van der Waals surface area contributed by atoms with Crippen molar-refractivity contribution in [1.29, 1.82) is 0 Å². The van der Waals surface area contributed by atoms with Gasteiger partial charge in [0.05, 0.1) is 13.2 Å². The summed E-state index contributed by atoms with van der Waals surface area (Å²) in [5.74, 6) is 0. The first kappa shape index (κ1) is 14.2. The molecule has 0 spiro atoms. The van der Waals surface area contributed by atoms with Crippen LogP contribution in [0.15, 0.2) is 20.6 Å². The van der Waals surface area contributed by atoms with Gasteiger partial charge in [-0.1, -0.05) is 0 Å². The van der Waals surface area contributed by atoms with Crippen molar-refractivity contribution >= 4 is 41.1 Å². The third-order valence-corrected chi connectivity index (χ3v) is 7.91. The average Bonchev–Trinajstić information content (AvgIpc) is 2.79. The van der Waals surface area contributed by atoms with Gasteiger partial charge in [0.1, 0.15) is 8.42 Å². The van der Waals surface area contributed by atoms with E-state index >= 15 is 0 Å². The minimum Gasteiger partial charge on any atom is -0.379 e. The van der Waals surface area contributed by atoms with Gasteiger partial charge in [0.2, 0.25) is 0 Å². The molecule has 1 aliphatic rings. The molecule has 1 aromatic rings. The van der Waals surface area contributed by atoms with Crippen molar-refractivity contribution in [2.24, 2.45) is 0 Å². The van der Waals surface area contributed by atoms with E-state index in [2.05, 4.69) is 0 Å². The SMILES string of the molecule is O=S(=O)(Cl)c1ccc(S(=O)(=O)N2CCOCC2)s1. The monoisotopic (exact) mass is 331 g/mol. The van der Waals surface area contributed by atoms with Crippen molar-refractivity contribution in [2.75, 3.05) is 26.3 Å². The van der Waals surface area contributed by atoms with E-state index < -0.39 is 19.1 Å². The Labute approximate surface area is 114 Å². The highest BCUT2D eigenvalue weighted by Gasteiger charge is 2.29. The fourth-order valence-corrected chi connectivity index (χ4v) is 5.58. The summed E-state index contributed by atoms with van der Waals surface area (Å²) in [5.41, 5.74) is 0. The molecule has 0 radical (unpaired) electrons. The van der Waals surface area contributed by atoms with Gasteiger partial charge < -0.3 is 4.74 Å². The molecular weight excluding hydrogens is 322 g/mol. The maximum absolute atomic E-state index is 12.2. The van der Waals surface area contributed by atoms with Gasteiger partial charge in [-0.25, -0.2) is 16.8 Å². The van der Waals surface area contributed by atoms with Crippen LogP contribution in [0.3, 0.4) is 0 Å². The average molecular weight is 332 g/mol. The predicted molar refractivity (Wildman–Crippen MR) is 66.9 cm³/mol. The Kier molecular flexibility index (Phi) is 4.00. The molecule has 0 bridgehead atoms. The number of halogens is 1. The predicted octanol–water partition coefficient (Wildman–Crippen LogP) is 0.697. The van der Waals surface area contributed by atoms with E-state index in [1.54, 1.807) is 0 Å². The van der Waals surface area contributed by atoms with Crippen molar-refractivity contribution in [3.05, 3.63) is 12.1 Å². The Morgan fingerprint density at radius 1 is 1.11 bits per heavy atom. The number of morpholine rings is 1. The zero-order valence-electron chi connectivity index (χ0n) is 9.07. The quantitative estimate of drug-likeness (QED) is 0.761. The van der Waals surface area contributed by atoms with Crippen LogP contribution in [0, 0.1) is 0 Å². The molecule has 18 heavy (non-hydrogen) atoms. The largest absolute Gasteiger partial charge is 0.379 e. The van der Waals surface area contributed by atoms with Crippen LogP contribution in [0.5, 0.6) is 0 Å². The second kappa shape index (κ2) is 5.06. The van der Waals surface area contributed by atoms with Gasteiger partial charge in [0, 0.05) is 23.8 Å². The molecule has 102 valence electrons. The molecule has 0 unspecified atom stereocenters. The lowest BCUT2D eigenvalue weighted by Gasteiger charge is -2.25. The van der Waals surface area contributed by atoms with Crippen LogP contribution >= 0.6 is 22.0 Å².